The van der Waals surface area contributed by atoms with Gasteiger partial charge in [0.1, 0.15) is 5.75 Å². The summed E-state index contributed by atoms with van der Waals surface area (Å²) in [7, 11) is 0. The highest BCUT2D eigenvalue weighted by Crippen LogP contribution is 2.10. The van der Waals surface area contributed by atoms with Gasteiger partial charge in [-0.25, -0.2) is 10.2 Å². The topological polar surface area (TPSA) is 131 Å². The Kier molecular flexibility index (Phi) is 5.03. The van der Waals surface area contributed by atoms with E-state index in [0.29, 0.717) is 11.3 Å². The summed E-state index contributed by atoms with van der Waals surface area (Å²) in [6.45, 7) is -0.428. The molecule has 0 atom stereocenters. The Labute approximate surface area is 107 Å². The number of aliphatic carboxylic acids is 1. The molecule has 0 heterocycles. The molecule has 0 aromatic heterocycles. The monoisotopic (exact) mass is 265 g/mol. The molecule has 19 heavy (non-hydrogen) atoms. The van der Waals surface area contributed by atoms with Crippen molar-refractivity contribution in [1.29, 1.82) is 0 Å². The smallest absolute Gasteiger partial charge is 0.341 e. The molecule has 0 fully saturated rings. The number of carbonyl (C=O) groups excluding carboxylic acids is 2. The minimum atomic E-state index is -1.13. The lowest BCUT2D eigenvalue weighted by Gasteiger charge is -2.02. The van der Waals surface area contributed by atoms with Gasteiger partial charge in [0, 0.05) is 0 Å². The second-order valence-electron chi connectivity index (χ2n) is 3.31. The maximum Gasteiger partial charge on any atom is 0.341 e. The maximum absolute atomic E-state index is 10.8. The number of rotatable bonds is 5. The van der Waals surface area contributed by atoms with Crippen LogP contribution in [0, 0.1) is 0 Å². The van der Waals surface area contributed by atoms with E-state index in [9.17, 15) is 14.4 Å². The van der Waals surface area contributed by atoms with Gasteiger partial charge in [0.15, 0.2) is 6.61 Å². The van der Waals surface area contributed by atoms with Crippen LogP contribution in [0.15, 0.2) is 29.4 Å². The molecular formula is C11H11N3O5. The van der Waals surface area contributed by atoms with Gasteiger partial charge in [-0.05, 0) is 29.8 Å². The Morgan fingerprint density at radius 2 is 1.95 bits per heavy atom. The van der Waals surface area contributed by atoms with Crippen LogP contribution >= 0.6 is 0 Å². The van der Waals surface area contributed by atoms with Crippen molar-refractivity contribution in [3.63, 3.8) is 0 Å². The third-order valence-electron chi connectivity index (χ3n) is 1.85. The number of benzene rings is 1. The predicted molar refractivity (Wildman–Crippen MR) is 64.5 cm³/mol. The normalized spacial score (nSPS) is 10.1. The van der Waals surface area contributed by atoms with Crippen molar-refractivity contribution in [2.75, 3.05) is 6.61 Å². The van der Waals surface area contributed by atoms with E-state index in [1.807, 2.05) is 5.43 Å². The van der Waals surface area contributed by atoms with E-state index < -0.39 is 24.4 Å². The first-order chi connectivity index (χ1) is 8.99. The zero-order valence-corrected chi connectivity index (χ0v) is 9.70. The maximum atomic E-state index is 10.8. The fourth-order valence-corrected chi connectivity index (χ4v) is 1.02. The fraction of sp³-hybridized carbons (Fsp3) is 0.0909. The summed E-state index contributed by atoms with van der Waals surface area (Å²) in [4.78, 5) is 31.4. The van der Waals surface area contributed by atoms with Gasteiger partial charge in [0.25, 0.3) is 0 Å². The molecule has 0 bridgehead atoms. The van der Waals surface area contributed by atoms with E-state index in [1.165, 1.54) is 6.21 Å². The molecule has 0 saturated heterocycles. The Balaban J connectivity index is 2.52. The van der Waals surface area contributed by atoms with Crippen LogP contribution in [0.1, 0.15) is 5.56 Å². The zero-order valence-electron chi connectivity index (χ0n) is 9.70. The molecule has 100 valence electrons. The molecule has 8 nitrogen and oxygen atoms in total. The van der Waals surface area contributed by atoms with Crippen LogP contribution < -0.4 is 15.9 Å². The molecular weight excluding hydrogens is 254 g/mol. The summed E-state index contributed by atoms with van der Waals surface area (Å²) in [6, 6.07) is 6.27. The second kappa shape index (κ2) is 6.74. The number of carboxylic acids is 1. The van der Waals surface area contributed by atoms with Gasteiger partial charge in [-0.1, -0.05) is 0 Å². The molecule has 1 rings (SSSR count). The van der Waals surface area contributed by atoms with Crippen molar-refractivity contribution in [1.82, 2.24) is 5.43 Å². The lowest BCUT2D eigenvalue weighted by Crippen LogP contribution is -2.32. The van der Waals surface area contributed by atoms with Crippen LogP contribution in [0.2, 0.25) is 0 Å². The first-order valence-corrected chi connectivity index (χ1v) is 5.06. The van der Waals surface area contributed by atoms with Gasteiger partial charge in [-0.3, -0.25) is 9.59 Å². The number of ether oxygens (including phenoxy) is 1. The molecule has 0 unspecified atom stereocenters. The first kappa shape index (κ1) is 14.2. The van der Waals surface area contributed by atoms with Crippen LogP contribution in [-0.2, 0) is 14.4 Å². The number of hydrogen-bond acceptors (Lipinski definition) is 5. The van der Waals surface area contributed by atoms with Gasteiger partial charge >= 0.3 is 17.8 Å². The number of nitrogens with one attached hydrogen (secondary N) is 1. The highest BCUT2D eigenvalue weighted by atomic mass is 16.5. The highest BCUT2D eigenvalue weighted by molar-refractivity contribution is 6.34. The number of hydrogen-bond donors (Lipinski definition) is 3. The summed E-state index contributed by atoms with van der Waals surface area (Å²) in [6.07, 6.45) is 1.29. The number of amides is 2. The molecule has 0 aliphatic rings. The molecule has 0 aliphatic carbocycles. The molecule has 0 saturated carbocycles. The van der Waals surface area contributed by atoms with Crippen molar-refractivity contribution >= 4 is 24.0 Å². The Morgan fingerprint density at radius 1 is 1.32 bits per heavy atom. The van der Waals surface area contributed by atoms with Crippen LogP contribution in [-0.4, -0.2) is 35.7 Å². The largest absolute Gasteiger partial charge is 0.482 e. The van der Waals surface area contributed by atoms with E-state index >= 15 is 0 Å². The van der Waals surface area contributed by atoms with Crippen molar-refractivity contribution in [2.24, 2.45) is 10.8 Å². The summed E-state index contributed by atoms with van der Waals surface area (Å²) in [5.41, 5.74) is 7.25. The minimum absolute atomic E-state index is 0.390. The van der Waals surface area contributed by atoms with E-state index in [-0.39, 0.29) is 0 Å². The lowest BCUT2D eigenvalue weighted by molar-refractivity contribution is -0.139. The molecule has 2 amide bonds. The lowest BCUT2D eigenvalue weighted by atomic mass is 10.2. The first-order valence-electron chi connectivity index (χ1n) is 5.06. The molecule has 0 radical (unpaired) electrons. The number of hydrazone groups is 1. The quantitative estimate of drug-likeness (QED) is 0.360. The molecule has 1 aromatic rings. The zero-order chi connectivity index (χ0) is 14.3. The number of nitrogens with zero attached hydrogens (tertiary/aromatic N) is 1. The number of carboxylic acid groups (broad SMARTS) is 1. The number of nitrogens with two attached hydrogens (primary N) is 1. The van der Waals surface area contributed by atoms with Crippen molar-refractivity contribution in [2.45, 2.75) is 0 Å². The fourth-order valence-electron chi connectivity index (χ4n) is 1.02. The van der Waals surface area contributed by atoms with Gasteiger partial charge in [0.05, 0.1) is 6.21 Å². The Bertz CT molecular complexity index is 510. The molecule has 4 N–H and O–H groups in total. The summed E-state index contributed by atoms with van der Waals surface area (Å²) < 4.78 is 4.92. The van der Waals surface area contributed by atoms with Crippen molar-refractivity contribution < 1.29 is 24.2 Å². The van der Waals surface area contributed by atoms with E-state index in [4.69, 9.17) is 15.6 Å². The van der Waals surface area contributed by atoms with Crippen molar-refractivity contribution in [3.8, 4) is 5.75 Å². The summed E-state index contributed by atoms with van der Waals surface area (Å²) >= 11 is 0. The molecule has 0 spiro atoms. The van der Waals surface area contributed by atoms with E-state index in [2.05, 4.69) is 5.10 Å². The minimum Gasteiger partial charge on any atom is -0.482 e. The van der Waals surface area contributed by atoms with Crippen LogP contribution in [0.5, 0.6) is 5.75 Å². The van der Waals surface area contributed by atoms with E-state index in [0.717, 1.165) is 0 Å². The summed E-state index contributed by atoms with van der Waals surface area (Å²) in [5, 5.41) is 11.9. The average Bonchev–Trinajstić information content (AvgIpc) is 2.37. The molecule has 1 aromatic carbocycles. The standard InChI is InChI=1S/C11H11N3O5/c12-10(17)11(18)14-13-5-7-1-3-8(4-2-7)19-6-9(15)16/h1-5H,6H2,(H2,12,17)(H,14,18)(H,15,16)/b13-5-. The summed E-state index contributed by atoms with van der Waals surface area (Å²) in [5.74, 6) is -2.83. The van der Waals surface area contributed by atoms with Crippen LogP contribution in [0.4, 0.5) is 0 Å². The molecule has 0 aliphatic heterocycles. The second-order valence-corrected chi connectivity index (χ2v) is 3.31. The SMILES string of the molecule is NC(=O)C(=O)N/N=C\c1ccc(OCC(=O)O)cc1. The van der Waals surface area contributed by atoms with Gasteiger partial charge in [-0.15, -0.1) is 0 Å². The predicted octanol–water partition coefficient (Wildman–Crippen LogP) is -0.915. The number of primary amides is 1. The van der Waals surface area contributed by atoms with Gasteiger partial charge in [-0.2, -0.15) is 5.10 Å². The van der Waals surface area contributed by atoms with Gasteiger partial charge < -0.3 is 15.6 Å². The Hall–Kier alpha value is -2.90. The Morgan fingerprint density at radius 3 is 2.47 bits per heavy atom. The average molecular weight is 265 g/mol. The van der Waals surface area contributed by atoms with E-state index in [1.54, 1.807) is 24.3 Å². The van der Waals surface area contributed by atoms with Crippen LogP contribution in [0.25, 0.3) is 0 Å². The number of carbonyl (C=O) groups is 3. The van der Waals surface area contributed by atoms with Crippen molar-refractivity contribution in [3.05, 3.63) is 29.8 Å². The third-order valence-corrected chi connectivity index (χ3v) is 1.85. The highest BCUT2D eigenvalue weighted by Gasteiger charge is 2.05. The molecule has 8 heteroatoms. The van der Waals surface area contributed by atoms with Crippen LogP contribution in [0.3, 0.4) is 0 Å². The van der Waals surface area contributed by atoms with Gasteiger partial charge in [0.2, 0.25) is 0 Å². The third kappa shape index (κ3) is 5.31.